The Hall–Kier alpha value is -3.25. The molecule has 3 heterocycles. The van der Waals surface area contributed by atoms with Gasteiger partial charge in [-0.25, -0.2) is 4.98 Å². The Morgan fingerprint density at radius 2 is 1.86 bits per heavy atom. The molecule has 0 bridgehead atoms. The van der Waals surface area contributed by atoms with Gasteiger partial charge in [0.2, 0.25) is 11.8 Å². The molecule has 2 fully saturated rings. The van der Waals surface area contributed by atoms with Crippen LogP contribution in [0.5, 0.6) is 11.6 Å². The van der Waals surface area contributed by atoms with E-state index >= 15 is 0 Å². The van der Waals surface area contributed by atoms with Gasteiger partial charge in [0.25, 0.3) is 0 Å². The molecule has 2 aliphatic rings. The number of aromatic nitrogens is 2. The average Bonchev–Trinajstić information content (AvgIpc) is 2.91. The van der Waals surface area contributed by atoms with Gasteiger partial charge >= 0.3 is 0 Å². The fourth-order valence-electron chi connectivity index (χ4n) is 5.35. The SMILES string of the molecule is Cc1ccccc1Oc1cncc([C@@H]2CCCN(C(=O)C3(Cc4ccccc4)CCOCC3)C2)n1. The monoisotopic (exact) mass is 471 g/mol. The van der Waals surface area contributed by atoms with Crippen molar-refractivity contribution in [3.05, 3.63) is 83.8 Å². The second-order valence-corrected chi connectivity index (χ2v) is 9.80. The number of para-hydroxylation sites is 1. The lowest BCUT2D eigenvalue weighted by atomic mass is 9.73. The molecule has 6 heteroatoms. The fourth-order valence-corrected chi connectivity index (χ4v) is 5.35. The van der Waals surface area contributed by atoms with Crippen molar-refractivity contribution in [3.8, 4) is 11.6 Å². The summed E-state index contributed by atoms with van der Waals surface area (Å²) in [5.74, 6) is 1.68. The van der Waals surface area contributed by atoms with Gasteiger partial charge in [0.05, 0.1) is 17.3 Å². The van der Waals surface area contributed by atoms with Crippen LogP contribution in [-0.4, -0.2) is 47.1 Å². The summed E-state index contributed by atoms with van der Waals surface area (Å²) in [7, 11) is 0. The molecule has 35 heavy (non-hydrogen) atoms. The minimum atomic E-state index is -0.400. The Balaban J connectivity index is 1.32. The first-order valence-corrected chi connectivity index (χ1v) is 12.6. The zero-order valence-electron chi connectivity index (χ0n) is 20.4. The Kier molecular flexibility index (Phi) is 7.09. The normalized spacial score (nSPS) is 19.8. The van der Waals surface area contributed by atoms with Crippen LogP contribution < -0.4 is 4.74 Å². The van der Waals surface area contributed by atoms with Crippen molar-refractivity contribution in [2.24, 2.45) is 5.41 Å². The molecule has 1 aromatic heterocycles. The topological polar surface area (TPSA) is 64.5 Å². The van der Waals surface area contributed by atoms with E-state index in [1.165, 1.54) is 5.56 Å². The Morgan fingerprint density at radius 1 is 1.09 bits per heavy atom. The first-order valence-electron chi connectivity index (χ1n) is 12.6. The highest BCUT2D eigenvalue weighted by atomic mass is 16.5. The largest absolute Gasteiger partial charge is 0.437 e. The molecule has 0 N–H and O–H groups in total. The maximum atomic E-state index is 14.0. The molecule has 2 saturated heterocycles. The summed E-state index contributed by atoms with van der Waals surface area (Å²) < 4.78 is 11.7. The smallest absolute Gasteiger partial charge is 0.238 e. The molecule has 2 aromatic carbocycles. The number of ether oxygens (including phenoxy) is 2. The van der Waals surface area contributed by atoms with E-state index in [-0.39, 0.29) is 11.8 Å². The summed E-state index contributed by atoms with van der Waals surface area (Å²) in [5.41, 5.74) is 2.75. The molecular formula is C29H33N3O3. The molecule has 0 saturated carbocycles. The van der Waals surface area contributed by atoms with Gasteiger partial charge in [-0.15, -0.1) is 0 Å². The lowest BCUT2D eigenvalue weighted by Crippen LogP contribution is -2.51. The number of carbonyl (C=O) groups is 1. The van der Waals surface area contributed by atoms with Gasteiger partial charge in [-0.2, -0.15) is 0 Å². The predicted octanol–water partition coefficient (Wildman–Crippen LogP) is 5.32. The number of carbonyl (C=O) groups excluding carboxylic acids is 1. The highest BCUT2D eigenvalue weighted by Gasteiger charge is 2.43. The standard InChI is InChI=1S/C29H33N3O3/c1-22-8-5-6-12-26(22)35-27-20-30-19-25(31-27)24-11-7-15-32(21-24)28(33)29(13-16-34-17-14-29)18-23-9-3-2-4-10-23/h2-6,8-10,12,19-20,24H,7,11,13-18,21H2,1H3/t24-/m1/s1. The molecule has 0 unspecified atom stereocenters. The van der Waals surface area contributed by atoms with Crippen LogP contribution in [0.4, 0.5) is 0 Å². The summed E-state index contributed by atoms with van der Waals surface area (Å²) in [6.07, 6.45) is 7.70. The molecule has 1 atom stereocenters. The molecule has 2 aliphatic heterocycles. The molecule has 3 aromatic rings. The highest BCUT2D eigenvalue weighted by Crippen LogP contribution is 2.38. The Labute approximate surface area is 207 Å². The lowest BCUT2D eigenvalue weighted by Gasteiger charge is -2.42. The van der Waals surface area contributed by atoms with E-state index in [9.17, 15) is 4.79 Å². The van der Waals surface area contributed by atoms with E-state index in [0.29, 0.717) is 25.6 Å². The maximum Gasteiger partial charge on any atom is 0.238 e. The van der Waals surface area contributed by atoms with Crippen molar-refractivity contribution < 1.29 is 14.3 Å². The van der Waals surface area contributed by atoms with Crippen molar-refractivity contribution in [3.63, 3.8) is 0 Å². The van der Waals surface area contributed by atoms with Crippen LogP contribution >= 0.6 is 0 Å². The number of hydrogen-bond donors (Lipinski definition) is 0. The van der Waals surface area contributed by atoms with E-state index in [0.717, 1.165) is 55.7 Å². The average molecular weight is 472 g/mol. The summed E-state index contributed by atoms with van der Waals surface area (Å²) >= 11 is 0. The van der Waals surface area contributed by atoms with E-state index in [2.05, 4.69) is 34.1 Å². The summed E-state index contributed by atoms with van der Waals surface area (Å²) in [5, 5.41) is 0. The number of hydrogen-bond acceptors (Lipinski definition) is 5. The minimum Gasteiger partial charge on any atom is -0.437 e. The van der Waals surface area contributed by atoms with Crippen LogP contribution in [0.25, 0.3) is 0 Å². The third-order valence-corrected chi connectivity index (χ3v) is 7.35. The molecule has 182 valence electrons. The lowest BCUT2D eigenvalue weighted by molar-refractivity contribution is -0.149. The van der Waals surface area contributed by atoms with Crippen molar-refractivity contribution in [1.82, 2.24) is 14.9 Å². The maximum absolute atomic E-state index is 14.0. The fraction of sp³-hybridized carbons (Fsp3) is 0.414. The van der Waals surface area contributed by atoms with Crippen LogP contribution in [0.15, 0.2) is 67.0 Å². The Bertz CT molecular complexity index is 1140. The van der Waals surface area contributed by atoms with Crippen LogP contribution in [0.2, 0.25) is 0 Å². The van der Waals surface area contributed by atoms with Crippen molar-refractivity contribution in [2.75, 3.05) is 26.3 Å². The third kappa shape index (κ3) is 5.38. The highest BCUT2D eigenvalue weighted by molar-refractivity contribution is 5.83. The number of rotatable bonds is 6. The predicted molar refractivity (Wildman–Crippen MR) is 134 cm³/mol. The van der Waals surface area contributed by atoms with Crippen LogP contribution in [-0.2, 0) is 16.0 Å². The van der Waals surface area contributed by atoms with Crippen molar-refractivity contribution in [1.29, 1.82) is 0 Å². The summed E-state index contributed by atoms with van der Waals surface area (Å²) in [4.78, 5) is 25.3. The number of nitrogens with zero attached hydrogens (tertiary/aromatic N) is 3. The van der Waals surface area contributed by atoms with Gasteiger partial charge in [0.1, 0.15) is 5.75 Å². The van der Waals surface area contributed by atoms with Gasteiger partial charge in [-0.1, -0.05) is 48.5 Å². The van der Waals surface area contributed by atoms with Crippen LogP contribution in [0.1, 0.15) is 48.4 Å². The molecule has 5 rings (SSSR count). The molecule has 6 nitrogen and oxygen atoms in total. The van der Waals surface area contributed by atoms with E-state index in [1.54, 1.807) is 6.20 Å². The van der Waals surface area contributed by atoms with E-state index < -0.39 is 5.41 Å². The zero-order chi connectivity index (χ0) is 24.1. The minimum absolute atomic E-state index is 0.147. The third-order valence-electron chi connectivity index (χ3n) is 7.35. The van der Waals surface area contributed by atoms with Crippen molar-refractivity contribution >= 4 is 5.91 Å². The second-order valence-electron chi connectivity index (χ2n) is 9.80. The van der Waals surface area contributed by atoms with Gasteiger partial charge < -0.3 is 14.4 Å². The molecule has 1 amide bonds. The van der Waals surface area contributed by atoms with Gasteiger partial charge in [0.15, 0.2) is 0 Å². The number of piperidine rings is 1. The number of amides is 1. The van der Waals surface area contributed by atoms with E-state index in [1.807, 2.05) is 43.5 Å². The van der Waals surface area contributed by atoms with Crippen LogP contribution in [0.3, 0.4) is 0 Å². The Morgan fingerprint density at radius 3 is 2.66 bits per heavy atom. The zero-order valence-corrected chi connectivity index (χ0v) is 20.4. The van der Waals surface area contributed by atoms with Gasteiger partial charge in [0, 0.05) is 38.4 Å². The second kappa shape index (κ2) is 10.6. The molecule has 0 radical (unpaired) electrons. The van der Waals surface area contributed by atoms with Gasteiger partial charge in [-0.3, -0.25) is 9.78 Å². The van der Waals surface area contributed by atoms with Crippen molar-refractivity contribution in [2.45, 2.75) is 44.9 Å². The first-order chi connectivity index (χ1) is 17.1. The quantitative estimate of drug-likeness (QED) is 0.487. The molecule has 0 spiro atoms. The van der Waals surface area contributed by atoms with Gasteiger partial charge in [-0.05, 0) is 56.2 Å². The molecule has 0 aliphatic carbocycles. The summed E-state index contributed by atoms with van der Waals surface area (Å²) in [6.45, 7) is 4.75. The number of likely N-dealkylation sites (tertiary alicyclic amines) is 1. The van der Waals surface area contributed by atoms with E-state index in [4.69, 9.17) is 14.5 Å². The number of benzene rings is 2. The first kappa shape index (κ1) is 23.5. The van der Waals surface area contributed by atoms with Crippen LogP contribution in [0, 0.1) is 12.3 Å². The summed E-state index contributed by atoms with van der Waals surface area (Å²) in [6, 6.07) is 18.3. The number of aryl methyl sites for hydroxylation is 1. The molecular weight excluding hydrogens is 438 g/mol.